The van der Waals surface area contributed by atoms with Crippen molar-refractivity contribution in [3.05, 3.63) is 53.7 Å². The number of ether oxygens (including phenoxy) is 3. The molecule has 0 spiro atoms. The normalized spacial score (nSPS) is 13.9. The molecule has 2 amide bonds. The number of hydrogen-bond donors (Lipinski definition) is 1. The highest BCUT2D eigenvalue weighted by Crippen LogP contribution is 2.37. The molecular formula is C23H26N2O5. The van der Waals surface area contributed by atoms with Gasteiger partial charge < -0.3 is 19.5 Å². The second-order valence-corrected chi connectivity index (χ2v) is 7.26. The van der Waals surface area contributed by atoms with Crippen molar-refractivity contribution >= 4 is 23.1 Å². The van der Waals surface area contributed by atoms with Gasteiger partial charge in [0, 0.05) is 6.54 Å². The highest BCUT2D eigenvalue weighted by atomic mass is 16.5. The first-order chi connectivity index (χ1) is 14.4. The summed E-state index contributed by atoms with van der Waals surface area (Å²) in [6.07, 6.45) is 0. The van der Waals surface area contributed by atoms with Crippen LogP contribution in [0, 0.1) is 5.92 Å². The van der Waals surface area contributed by atoms with Crippen molar-refractivity contribution < 1.29 is 23.8 Å². The monoisotopic (exact) mass is 410 g/mol. The summed E-state index contributed by atoms with van der Waals surface area (Å²) in [5, 5.41) is 3.13. The number of hydrogen-bond acceptors (Lipinski definition) is 6. The van der Waals surface area contributed by atoms with Gasteiger partial charge in [-0.3, -0.25) is 14.5 Å². The Labute approximate surface area is 176 Å². The van der Waals surface area contributed by atoms with Gasteiger partial charge in [-0.05, 0) is 35.7 Å². The molecule has 1 heterocycles. The van der Waals surface area contributed by atoms with Crippen LogP contribution in [0.1, 0.15) is 19.4 Å². The first-order valence-corrected chi connectivity index (χ1v) is 9.64. The van der Waals surface area contributed by atoms with Crippen molar-refractivity contribution in [2.24, 2.45) is 5.92 Å². The van der Waals surface area contributed by atoms with E-state index in [1.54, 1.807) is 44.6 Å². The minimum absolute atomic E-state index is 0.134. The summed E-state index contributed by atoms with van der Waals surface area (Å²) in [4.78, 5) is 27.7. The molecule has 7 heteroatoms. The van der Waals surface area contributed by atoms with Gasteiger partial charge in [-0.15, -0.1) is 0 Å². The Hall–Kier alpha value is -3.48. The lowest BCUT2D eigenvalue weighted by Gasteiger charge is -2.17. The lowest BCUT2D eigenvalue weighted by atomic mass is 10.0. The SMILES string of the molecule is COc1ccccc1NC1=C(c2ccc(OC)c(OC)c2)C(=O)N(CC(C)C)C1=O. The fourth-order valence-corrected chi connectivity index (χ4v) is 3.37. The molecule has 0 saturated heterocycles. The van der Waals surface area contributed by atoms with E-state index in [-0.39, 0.29) is 29.0 Å². The van der Waals surface area contributed by atoms with Crippen LogP contribution in [0.25, 0.3) is 5.57 Å². The van der Waals surface area contributed by atoms with Gasteiger partial charge in [-0.25, -0.2) is 0 Å². The maximum atomic E-state index is 13.3. The molecule has 1 aliphatic heterocycles. The Morgan fingerprint density at radius 1 is 0.867 bits per heavy atom. The molecule has 7 nitrogen and oxygen atoms in total. The number of anilines is 1. The van der Waals surface area contributed by atoms with E-state index in [2.05, 4.69) is 5.32 Å². The zero-order valence-electron chi connectivity index (χ0n) is 17.8. The molecule has 0 aliphatic carbocycles. The molecule has 0 unspecified atom stereocenters. The summed E-state index contributed by atoms with van der Waals surface area (Å²) in [6.45, 7) is 4.25. The van der Waals surface area contributed by atoms with E-state index >= 15 is 0 Å². The van der Waals surface area contributed by atoms with Crippen LogP contribution >= 0.6 is 0 Å². The van der Waals surface area contributed by atoms with Crippen LogP contribution in [-0.2, 0) is 9.59 Å². The van der Waals surface area contributed by atoms with Gasteiger partial charge >= 0.3 is 0 Å². The predicted molar refractivity (Wildman–Crippen MR) is 115 cm³/mol. The third-order valence-corrected chi connectivity index (χ3v) is 4.75. The summed E-state index contributed by atoms with van der Waals surface area (Å²) in [7, 11) is 4.62. The Kier molecular flexibility index (Phi) is 6.30. The average molecular weight is 410 g/mol. The van der Waals surface area contributed by atoms with Gasteiger partial charge in [0.05, 0.1) is 32.6 Å². The zero-order valence-corrected chi connectivity index (χ0v) is 17.8. The van der Waals surface area contributed by atoms with E-state index in [0.29, 0.717) is 35.0 Å². The topological polar surface area (TPSA) is 77.1 Å². The van der Waals surface area contributed by atoms with Crippen LogP contribution < -0.4 is 19.5 Å². The number of rotatable bonds is 8. The molecule has 2 aromatic rings. The predicted octanol–water partition coefficient (Wildman–Crippen LogP) is 3.56. The van der Waals surface area contributed by atoms with Gasteiger partial charge in [0.25, 0.3) is 11.8 Å². The molecule has 0 bridgehead atoms. The second-order valence-electron chi connectivity index (χ2n) is 7.26. The number of carbonyl (C=O) groups is 2. The van der Waals surface area contributed by atoms with E-state index in [9.17, 15) is 9.59 Å². The molecular weight excluding hydrogens is 384 g/mol. The van der Waals surface area contributed by atoms with Crippen molar-refractivity contribution in [3.8, 4) is 17.2 Å². The number of amides is 2. The van der Waals surface area contributed by atoms with E-state index in [4.69, 9.17) is 14.2 Å². The van der Waals surface area contributed by atoms with Gasteiger partial charge in [-0.1, -0.05) is 32.0 Å². The highest BCUT2D eigenvalue weighted by molar-refractivity contribution is 6.36. The average Bonchev–Trinajstić information content (AvgIpc) is 2.97. The van der Waals surface area contributed by atoms with Crippen molar-refractivity contribution in [3.63, 3.8) is 0 Å². The lowest BCUT2D eigenvalue weighted by molar-refractivity contribution is -0.137. The Balaban J connectivity index is 2.13. The van der Waals surface area contributed by atoms with E-state index in [1.165, 1.54) is 12.0 Å². The van der Waals surface area contributed by atoms with Gasteiger partial charge in [0.15, 0.2) is 11.5 Å². The van der Waals surface area contributed by atoms with Crippen molar-refractivity contribution in [1.29, 1.82) is 0 Å². The van der Waals surface area contributed by atoms with Crippen molar-refractivity contribution in [2.75, 3.05) is 33.2 Å². The van der Waals surface area contributed by atoms with E-state index in [1.807, 2.05) is 26.0 Å². The summed E-state index contributed by atoms with van der Waals surface area (Å²) < 4.78 is 16.1. The lowest BCUT2D eigenvalue weighted by Crippen LogP contribution is -2.35. The van der Waals surface area contributed by atoms with Crippen molar-refractivity contribution in [2.45, 2.75) is 13.8 Å². The number of imide groups is 1. The van der Waals surface area contributed by atoms with Crippen LogP contribution in [0.5, 0.6) is 17.2 Å². The number of para-hydroxylation sites is 2. The molecule has 0 fully saturated rings. The molecule has 158 valence electrons. The first-order valence-electron chi connectivity index (χ1n) is 9.64. The molecule has 2 aromatic carbocycles. The third kappa shape index (κ3) is 3.96. The number of methoxy groups -OCH3 is 3. The maximum Gasteiger partial charge on any atom is 0.278 e. The van der Waals surface area contributed by atoms with Crippen LogP contribution in [0.4, 0.5) is 5.69 Å². The quantitative estimate of drug-likeness (QED) is 0.671. The minimum Gasteiger partial charge on any atom is -0.495 e. The number of benzene rings is 2. The smallest absolute Gasteiger partial charge is 0.278 e. The minimum atomic E-state index is -0.371. The fourth-order valence-electron chi connectivity index (χ4n) is 3.37. The largest absolute Gasteiger partial charge is 0.495 e. The summed E-state index contributed by atoms with van der Waals surface area (Å²) in [5.41, 5.74) is 1.65. The van der Waals surface area contributed by atoms with Crippen LogP contribution in [0.15, 0.2) is 48.2 Å². The van der Waals surface area contributed by atoms with Crippen molar-refractivity contribution in [1.82, 2.24) is 4.90 Å². The Bertz CT molecular complexity index is 997. The van der Waals surface area contributed by atoms with E-state index < -0.39 is 0 Å². The standard InChI is InChI=1S/C23H26N2O5/c1-14(2)13-25-22(26)20(15-10-11-18(29-4)19(12-15)30-5)21(23(25)27)24-16-8-6-7-9-17(16)28-3/h6-12,14,24H,13H2,1-5H3. The maximum absolute atomic E-state index is 13.3. The zero-order chi connectivity index (χ0) is 21.8. The number of nitrogens with zero attached hydrogens (tertiary/aromatic N) is 1. The summed E-state index contributed by atoms with van der Waals surface area (Å²) in [6, 6.07) is 12.4. The summed E-state index contributed by atoms with van der Waals surface area (Å²) >= 11 is 0. The van der Waals surface area contributed by atoms with E-state index in [0.717, 1.165) is 0 Å². The fraction of sp³-hybridized carbons (Fsp3) is 0.304. The number of carbonyl (C=O) groups excluding carboxylic acids is 2. The van der Waals surface area contributed by atoms with Crippen LogP contribution in [0.2, 0.25) is 0 Å². The first kappa shape index (κ1) is 21.2. The van der Waals surface area contributed by atoms with Crippen LogP contribution in [0.3, 0.4) is 0 Å². The summed E-state index contributed by atoms with van der Waals surface area (Å²) in [5.74, 6) is 0.996. The van der Waals surface area contributed by atoms with Gasteiger partial charge in [0.1, 0.15) is 11.4 Å². The molecule has 0 saturated carbocycles. The molecule has 0 radical (unpaired) electrons. The molecule has 0 aromatic heterocycles. The van der Waals surface area contributed by atoms with Gasteiger partial charge in [-0.2, -0.15) is 0 Å². The van der Waals surface area contributed by atoms with Crippen LogP contribution in [-0.4, -0.2) is 44.6 Å². The molecule has 30 heavy (non-hydrogen) atoms. The molecule has 1 N–H and O–H groups in total. The third-order valence-electron chi connectivity index (χ3n) is 4.75. The Morgan fingerprint density at radius 2 is 1.53 bits per heavy atom. The Morgan fingerprint density at radius 3 is 2.17 bits per heavy atom. The molecule has 0 atom stereocenters. The van der Waals surface area contributed by atoms with Gasteiger partial charge in [0.2, 0.25) is 0 Å². The number of nitrogens with one attached hydrogen (secondary N) is 1. The molecule has 3 rings (SSSR count). The molecule has 1 aliphatic rings. The second kappa shape index (κ2) is 8.90. The highest BCUT2D eigenvalue weighted by Gasteiger charge is 2.39.